The maximum Gasteiger partial charge on any atom is 0.226 e. The van der Waals surface area contributed by atoms with Crippen molar-refractivity contribution in [1.82, 2.24) is 9.88 Å². The van der Waals surface area contributed by atoms with Gasteiger partial charge in [0.05, 0.1) is 22.1 Å². The Morgan fingerprint density at radius 1 is 1.15 bits per heavy atom. The van der Waals surface area contributed by atoms with Crippen LogP contribution in [-0.4, -0.2) is 35.4 Å². The first-order chi connectivity index (χ1) is 12.7. The number of likely N-dealkylation sites (tertiary alicyclic amines) is 1. The van der Waals surface area contributed by atoms with Crippen LogP contribution in [0.2, 0.25) is 0 Å². The third kappa shape index (κ3) is 3.24. The molecule has 26 heavy (non-hydrogen) atoms. The summed E-state index contributed by atoms with van der Waals surface area (Å²) in [6.45, 7) is 2.17. The lowest BCUT2D eigenvalue weighted by atomic mass is 9.73. The summed E-state index contributed by atoms with van der Waals surface area (Å²) < 4.78 is 1.14. The van der Waals surface area contributed by atoms with Gasteiger partial charge >= 0.3 is 0 Å². The van der Waals surface area contributed by atoms with Gasteiger partial charge in [-0.2, -0.15) is 0 Å². The van der Waals surface area contributed by atoms with Crippen molar-refractivity contribution < 1.29 is 4.79 Å². The molecule has 1 aliphatic heterocycles. The van der Waals surface area contributed by atoms with Crippen LogP contribution in [-0.2, 0) is 16.6 Å². The van der Waals surface area contributed by atoms with Crippen molar-refractivity contribution in [1.29, 1.82) is 0 Å². The summed E-state index contributed by atoms with van der Waals surface area (Å²) in [5, 5.41) is 0. The van der Waals surface area contributed by atoms with Crippen molar-refractivity contribution in [3.05, 3.63) is 65.2 Å². The zero-order valence-corrected chi connectivity index (χ0v) is 15.5. The largest absolute Gasteiger partial charge is 0.342 e. The van der Waals surface area contributed by atoms with Crippen molar-refractivity contribution in [2.45, 2.75) is 24.7 Å². The number of carbonyl (C=O) groups is 1. The van der Waals surface area contributed by atoms with Crippen molar-refractivity contribution in [3.63, 3.8) is 0 Å². The first-order valence-corrected chi connectivity index (χ1v) is 9.94. The number of hydrogen-bond donors (Lipinski definition) is 1. The van der Waals surface area contributed by atoms with Crippen LogP contribution in [0.1, 0.15) is 24.0 Å². The molecule has 0 atom stereocenters. The van der Waals surface area contributed by atoms with Gasteiger partial charge in [0.25, 0.3) is 0 Å². The predicted molar refractivity (Wildman–Crippen MR) is 106 cm³/mol. The smallest absolute Gasteiger partial charge is 0.226 e. The summed E-state index contributed by atoms with van der Waals surface area (Å²) in [5.74, 6) is 0.201. The van der Waals surface area contributed by atoms with Crippen molar-refractivity contribution in [2.24, 2.45) is 5.73 Å². The summed E-state index contributed by atoms with van der Waals surface area (Å²) in [6.07, 6.45) is 2.30. The van der Waals surface area contributed by atoms with E-state index in [0.29, 0.717) is 13.0 Å². The molecular weight excluding hydrogens is 342 g/mol. The Balaban J connectivity index is 1.43. The van der Waals surface area contributed by atoms with E-state index in [1.165, 1.54) is 5.56 Å². The molecule has 0 aliphatic carbocycles. The van der Waals surface area contributed by atoms with Crippen molar-refractivity contribution in [2.75, 3.05) is 19.6 Å². The number of hydrogen-bond acceptors (Lipinski definition) is 4. The van der Waals surface area contributed by atoms with Crippen LogP contribution in [0, 0.1) is 0 Å². The number of carbonyl (C=O) groups excluding carboxylic acids is 1. The average molecular weight is 366 g/mol. The molecule has 1 fully saturated rings. The van der Waals surface area contributed by atoms with E-state index in [4.69, 9.17) is 5.73 Å². The second kappa shape index (κ2) is 7.17. The number of aromatic nitrogens is 1. The van der Waals surface area contributed by atoms with Crippen LogP contribution in [0.5, 0.6) is 0 Å². The maximum absolute atomic E-state index is 12.8. The first-order valence-electron chi connectivity index (χ1n) is 9.06. The number of thiazole rings is 1. The number of nitrogens with zero attached hydrogens (tertiary/aromatic N) is 2. The molecule has 4 nitrogen and oxygen atoms in total. The first kappa shape index (κ1) is 17.2. The fourth-order valence-corrected chi connectivity index (χ4v) is 4.62. The molecule has 0 saturated carbocycles. The standard InChI is InChI=1S/C21H23N3OS/c22-14-21(17-4-2-1-3-5-17)8-10-24(11-9-21)20(25)13-16-6-7-18-19(12-16)26-15-23-18/h1-7,12,15H,8-11,13-14,22H2. The van der Waals surface area contributed by atoms with E-state index >= 15 is 0 Å². The van der Waals surface area contributed by atoms with E-state index in [9.17, 15) is 4.79 Å². The zero-order valence-electron chi connectivity index (χ0n) is 14.7. The normalized spacial score (nSPS) is 16.7. The third-order valence-electron chi connectivity index (χ3n) is 5.60. The molecule has 0 radical (unpaired) electrons. The highest BCUT2D eigenvalue weighted by molar-refractivity contribution is 7.16. The van der Waals surface area contributed by atoms with E-state index in [2.05, 4.69) is 35.3 Å². The Hall–Kier alpha value is -2.24. The van der Waals surface area contributed by atoms with Gasteiger partial charge in [-0.15, -0.1) is 11.3 Å². The average Bonchev–Trinajstić information content (AvgIpc) is 3.16. The summed E-state index contributed by atoms with van der Waals surface area (Å²) >= 11 is 1.61. The van der Waals surface area contributed by atoms with Gasteiger partial charge in [-0.1, -0.05) is 36.4 Å². The van der Waals surface area contributed by atoms with Crippen LogP contribution in [0.4, 0.5) is 0 Å². The van der Waals surface area contributed by atoms with E-state index in [-0.39, 0.29) is 11.3 Å². The SMILES string of the molecule is NCC1(c2ccccc2)CCN(C(=O)Cc2ccc3ncsc3c2)CC1. The summed E-state index contributed by atoms with van der Waals surface area (Å²) in [6, 6.07) is 16.6. The topological polar surface area (TPSA) is 59.2 Å². The molecule has 0 spiro atoms. The Labute approximate surface area is 157 Å². The number of fused-ring (bicyclic) bond motifs is 1. The molecular formula is C21H23N3OS. The van der Waals surface area contributed by atoms with Crippen LogP contribution in [0.25, 0.3) is 10.2 Å². The number of nitrogens with two attached hydrogens (primary N) is 1. The van der Waals surface area contributed by atoms with Gasteiger partial charge in [0.2, 0.25) is 5.91 Å². The summed E-state index contributed by atoms with van der Waals surface area (Å²) in [7, 11) is 0. The van der Waals surface area contributed by atoms with E-state index in [0.717, 1.165) is 41.7 Å². The molecule has 1 amide bonds. The van der Waals surface area contributed by atoms with Crippen LogP contribution in [0.3, 0.4) is 0 Å². The lowest BCUT2D eigenvalue weighted by Crippen LogP contribution is -2.48. The van der Waals surface area contributed by atoms with Crippen molar-refractivity contribution >= 4 is 27.5 Å². The van der Waals surface area contributed by atoms with E-state index in [1.54, 1.807) is 11.3 Å². The Bertz CT molecular complexity index is 898. The van der Waals surface area contributed by atoms with E-state index in [1.807, 2.05) is 28.6 Å². The molecule has 0 bridgehead atoms. The highest BCUT2D eigenvalue weighted by Crippen LogP contribution is 2.34. The Morgan fingerprint density at radius 2 is 1.92 bits per heavy atom. The van der Waals surface area contributed by atoms with Crippen LogP contribution >= 0.6 is 11.3 Å². The minimum Gasteiger partial charge on any atom is -0.342 e. The molecule has 3 aromatic rings. The van der Waals surface area contributed by atoms with Crippen LogP contribution < -0.4 is 5.73 Å². The molecule has 0 unspecified atom stereocenters. The number of rotatable bonds is 4. The fraction of sp³-hybridized carbons (Fsp3) is 0.333. The summed E-state index contributed by atoms with van der Waals surface area (Å²) in [4.78, 5) is 19.0. The molecule has 5 heteroatoms. The van der Waals surface area contributed by atoms with Gasteiger partial charge in [0.15, 0.2) is 0 Å². The van der Waals surface area contributed by atoms with Gasteiger partial charge in [0.1, 0.15) is 0 Å². The van der Waals surface area contributed by atoms with Crippen molar-refractivity contribution in [3.8, 4) is 0 Å². The maximum atomic E-state index is 12.8. The number of amides is 1. The number of piperidine rings is 1. The van der Waals surface area contributed by atoms with Gasteiger partial charge in [-0.3, -0.25) is 4.79 Å². The second-order valence-corrected chi connectivity index (χ2v) is 7.95. The monoisotopic (exact) mass is 365 g/mol. The molecule has 1 aliphatic rings. The highest BCUT2D eigenvalue weighted by atomic mass is 32.1. The molecule has 4 rings (SSSR count). The molecule has 134 valence electrons. The lowest BCUT2D eigenvalue weighted by Gasteiger charge is -2.41. The highest BCUT2D eigenvalue weighted by Gasteiger charge is 2.36. The minimum atomic E-state index is -0.000408. The minimum absolute atomic E-state index is 0.000408. The van der Waals surface area contributed by atoms with Gasteiger partial charge in [-0.25, -0.2) is 4.98 Å². The molecule has 2 aromatic carbocycles. The molecule has 2 N–H and O–H groups in total. The third-order valence-corrected chi connectivity index (χ3v) is 6.39. The predicted octanol–water partition coefficient (Wildman–Crippen LogP) is 3.36. The lowest BCUT2D eigenvalue weighted by molar-refractivity contribution is -0.132. The Kier molecular flexibility index (Phi) is 4.74. The van der Waals surface area contributed by atoms with Gasteiger partial charge in [-0.05, 0) is 36.1 Å². The summed E-state index contributed by atoms with van der Waals surface area (Å²) in [5.41, 5.74) is 11.4. The molecule has 2 heterocycles. The van der Waals surface area contributed by atoms with Gasteiger partial charge in [0, 0.05) is 25.0 Å². The van der Waals surface area contributed by atoms with E-state index < -0.39 is 0 Å². The molecule has 1 aromatic heterocycles. The Morgan fingerprint density at radius 3 is 2.65 bits per heavy atom. The zero-order chi connectivity index (χ0) is 18.0. The fourth-order valence-electron chi connectivity index (χ4n) is 3.88. The van der Waals surface area contributed by atoms with Crippen LogP contribution in [0.15, 0.2) is 54.0 Å². The molecule has 1 saturated heterocycles. The number of benzene rings is 2. The second-order valence-electron chi connectivity index (χ2n) is 7.06. The quantitative estimate of drug-likeness (QED) is 0.771. The van der Waals surface area contributed by atoms with Gasteiger partial charge < -0.3 is 10.6 Å².